The van der Waals surface area contributed by atoms with Crippen molar-refractivity contribution in [1.82, 2.24) is 4.90 Å². The number of rotatable bonds is 5. The average Bonchev–Trinajstić information content (AvgIpc) is 2.30. The number of aliphatic hydroxyl groups is 1. The summed E-state index contributed by atoms with van der Waals surface area (Å²) in [6.07, 6.45) is -0.520. The quantitative estimate of drug-likeness (QED) is 0.871. The van der Waals surface area contributed by atoms with Crippen LogP contribution in [0.15, 0.2) is 18.2 Å². The zero-order valence-corrected chi connectivity index (χ0v) is 10.8. The van der Waals surface area contributed by atoms with Crippen molar-refractivity contribution in [2.45, 2.75) is 19.4 Å². The average molecular weight is 255 g/mol. The lowest BCUT2D eigenvalue weighted by Gasteiger charge is -2.12. The number of aliphatic hydroxyl groups excluding tert-OH is 1. The van der Waals surface area contributed by atoms with Crippen LogP contribution in [0.4, 0.5) is 4.39 Å². The molecule has 0 aromatic heterocycles. The molecule has 1 unspecified atom stereocenters. The zero-order chi connectivity index (χ0) is 13.7. The lowest BCUT2D eigenvalue weighted by molar-refractivity contribution is -0.129. The van der Waals surface area contributed by atoms with Crippen molar-refractivity contribution in [2.24, 2.45) is 0 Å². The molecule has 0 heterocycles. The first-order valence-electron chi connectivity index (χ1n) is 5.72. The molecule has 1 aromatic rings. The van der Waals surface area contributed by atoms with Gasteiger partial charge in [0.1, 0.15) is 0 Å². The first-order chi connectivity index (χ1) is 8.41. The van der Waals surface area contributed by atoms with Crippen LogP contribution in [0.25, 0.3) is 0 Å². The number of carbonyl (C=O) groups is 1. The number of carbonyl (C=O) groups excluding carboxylic acids is 1. The Bertz CT molecular complexity index is 419. The molecule has 18 heavy (non-hydrogen) atoms. The lowest BCUT2D eigenvalue weighted by Crippen LogP contribution is -2.23. The molecule has 0 aliphatic carbocycles. The summed E-state index contributed by atoms with van der Waals surface area (Å²) in [5.41, 5.74) is 0.490. The van der Waals surface area contributed by atoms with Gasteiger partial charge in [0.25, 0.3) is 0 Å². The molecule has 0 aliphatic heterocycles. The molecular formula is C13H18FNO3. The van der Waals surface area contributed by atoms with Crippen molar-refractivity contribution >= 4 is 5.91 Å². The maximum absolute atomic E-state index is 13.6. The van der Waals surface area contributed by atoms with Crippen molar-refractivity contribution in [3.05, 3.63) is 29.6 Å². The predicted molar refractivity (Wildman–Crippen MR) is 65.8 cm³/mol. The Morgan fingerprint density at radius 3 is 2.67 bits per heavy atom. The van der Waals surface area contributed by atoms with Gasteiger partial charge in [-0.15, -0.1) is 0 Å². The van der Waals surface area contributed by atoms with Crippen molar-refractivity contribution in [2.75, 3.05) is 20.7 Å². The largest absolute Gasteiger partial charge is 0.490 e. The van der Waals surface area contributed by atoms with Crippen molar-refractivity contribution in [1.29, 1.82) is 0 Å². The molecule has 1 amide bonds. The highest BCUT2D eigenvalue weighted by molar-refractivity contribution is 5.75. The molecule has 0 radical (unpaired) electrons. The smallest absolute Gasteiger partial charge is 0.225 e. The van der Waals surface area contributed by atoms with Crippen LogP contribution >= 0.6 is 0 Å². The minimum absolute atomic E-state index is 0.0731. The fraction of sp³-hybridized carbons (Fsp3) is 0.462. The third kappa shape index (κ3) is 4.00. The van der Waals surface area contributed by atoms with Crippen molar-refractivity contribution in [3.8, 4) is 5.75 Å². The van der Waals surface area contributed by atoms with Gasteiger partial charge in [0.2, 0.25) is 5.91 Å². The van der Waals surface area contributed by atoms with Gasteiger partial charge in [0, 0.05) is 14.1 Å². The van der Waals surface area contributed by atoms with Crippen LogP contribution in [0.2, 0.25) is 0 Å². The Morgan fingerprint density at radius 1 is 1.50 bits per heavy atom. The molecular weight excluding hydrogens is 237 g/mol. The third-order valence-corrected chi connectivity index (χ3v) is 2.51. The molecule has 0 spiro atoms. The van der Waals surface area contributed by atoms with E-state index in [0.29, 0.717) is 5.56 Å². The van der Waals surface area contributed by atoms with Gasteiger partial charge < -0.3 is 14.7 Å². The second-order valence-corrected chi connectivity index (χ2v) is 4.25. The highest BCUT2D eigenvalue weighted by atomic mass is 19.1. The number of nitrogens with zero attached hydrogens (tertiary/aromatic N) is 1. The fourth-order valence-corrected chi connectivity index (χ4v) is 1.37. The maximum Gasteiger partial charge on any atom is 0.225 e. The summed E-state index contributed by atoms with van der Waals surface area (Å²) in [6.45, 7) is 1.69. The third-order valence-electron chi connectivity index (χ3n) is 2.51. The molecule has 1 aromatic carbocycles. The number of halogens is 1. The van der Waals surface area contributed by atoms with Crippen LogP contribution in [-0.4, -0.2) is 36.6 Å². The van der Waals surface area contributed by atoms with E-state index in [1.165, 1.54) is 17.0 Å². The molecule has 0 aliphatic rings. The molecule has 1 N–H and O–H groups in total. The summed E-state index contributed by atoms with van der Waals surface area (Å²) in [4.78, 5) is 12.7. The summed E-state index contributed by atoms with van der Waals surface area (Å²) in [5.74, 6) is -0.521. The molecule has 0 saturated carbocycles. The standard InChI is InChI=1S/C13H18FNO3/c1-9(16)10-4-5-12(11(14)8-10)18-7-6-13(17)15(2)3/h4-5,8-9,16H,6-7H2,1-3H3. The van der Waals surface area contributed by atoms with E-state index in [4.69, 9.17) is 4.74 Å². The van der Waals surface area contributed by atoms with E-state index >= 15 is 0 Å². The molecule has 0 fully saturated rings. The van der Waals surface area contributed by atoms with Gasteiger partial charge in [-0.2, -0.15) is 0 Å². The Hall–Kier alpha value is -1.62. The van der Waals surface area contributed by atoms with Gasteiger partial charge in [-0.3, -0.25) is 4.79 Å². The molecule has 100 valence electrons. The highest BCUT2D eigenvalue weighted by Gasteiger charge is 2.09. The minimum Gasteiger partial charge on any atom is -0.490 e. The number of hydrogen-bond acceptors (Lipinski definition) is 3. The lowest BCUT2D eigenvalue weighted by atomic mass is 10.1. The van der Waals surface area contributed by atoms with Gasteiger partial charge >= 0.3 is 0 Å². The molecule has 4 nitrogen and oxygen atoms in total. The fourth-order valence-electron chi connectivity index (χ4n) is 1.37. The van der Waals surface area contributed by atoms with Crippen LogP contribution < -0.4 is 4.74 Å². The molecule has 0 saturated heterocycles. The van der Waals surface area contributed by atoms with Gasteiger partial charge in [-0.1, -0.05) is 6.07 Å². The summed E-state index contributed by atoms with van der Waals surface area (Å²) in [5, 5.41) is 9.29. The van der Waals surface area contributed by atoms with Gasteiger partial charge in [0.05, 0.1) is 19.1 Å². The van der Waals surface area contributed by atoms with E-state index in [0.717, 1.165) is 0 Å². The number of ether oxygens (including phenoxy) is 1. The van der Waals surface area contributed by atoms with Crippen LogP contribution in [0.3, 0.4) is 0 Å². The Labute approximate surface area is 106 Å². The number of amides is 1. The molecule has 0 bridgehead atoms. The summed E-state index contributed by atoms with van der Waals surface area (Å²) < 4.78 is 18.8. The van der Waals surface area contributed by atoms with E-state index in [1.54, 1.807) is 27.1 Å². The van der Waals surface area contributed by atoms with E-state index in [9.17, 15) is 14.3 Å². The highest BCUT2D eigenvalue weighted by Crippen LogP contribution is 2.22. The van der Waals surface area contributed by atoms with Gasteiger partial charge in [-0.25, -0.2) is 4.39 Å². The van der Waals surface area contributed by atoms with Crippen molar-refractivity contribution in [3.63, 3.8) is 0 Å². The van der Waals surface area contributed by atoms with Crippen LogP contribution in [0, 0.1) is 5.82 Å². The normalized spacial score (nSPS) is 12.1. The first kappa shape index (κ1) is 14.4. The second kappa shape index (κ2) is 6.35. The van der Waals surface area contributed by atoms with E-state index < -0.39 is 11.9 Å². The maximum atomic E-state index is 13.6. The molecule has 1 rings (SSSR count). The van der Waals surface area contributed by atoms with E-state index in [-0.39, 0.29) is 24.7 Å². The Kier molecular flexibility index (Phi) is 5.09. The summed E-state index contributed by atoms with van der Waals surface area (Å²) in [6, 6.07) is 4.28. The van der Waals surface area contributed by atoms with Gasteiger partial charge in [-0.05, 0) is 24.6 Å². The monoisotopic (exact) mass is 255 g/mol. The topological polar surface area (TPSA) is 49.8 Å². The predicted octanol–water partition coefficient (Wildman–Crippen LogP) is 1.74. The number of hydrogen-bond donors (Lipinski definition) is 1. The van der Waals surface area contributed by atoms with Gasteiger partial charge in [0.15, 0.2) is 11.6 Å². The van der Waals surface area contributed by atoms with E-state index in [2.05, 4.69) is 0 Å². The number of benzene rings is 1. The van der Waals surface area contributed by atoms with Crippen LogP contribution in [0.5, 0.6) is 5.75 Å². The molecule has 5 heteroatoms. The van der Waals surface area contributed by atoms with Crippen LogP contribution in [0.1, 0.15) is 25.0 Å². The minimum atomic E-state index is -0.719. The van der Waals surface area contributed by atoms with E-state index in [1.807, 2.05) is 0 Å². The SMILES string of the molecule is CC(O)c1ccc(OCCC(=O)N(C)C)c(F)c1. The second-order valence-electron chi connectivity index (χ2n) is 4.25. The Balaban J connectivity index is 2.56. The van der Waals surface area contributed by atoms with Crippen LogP contribution in [-0.2, 0) is 4.79 Å². The Morgan fingerprint density at radius 2 is 2.17 bits per heavy atom. The molecule has 1 atom stereocenters. The summed E-state index contributed by atoms with van der Waals surface area (Å²) in [7, 11) is 3.31. The summed E-state index contributed by atoms with van der Waals surface area (Å²) >= 11 is 0. The van der Waals surface area contributed by atoms with Crippen molar-refractivity contribution < 1.29 is 19.0 Å². The zero-order valence-electron chi connectivity index (χ0n) is 10.8. The first-order valence-corrected chi connectivity index (χ1v) is 5.72.